The maximum absolute atomic E-state index is 5.36. The van der Waals surface area contributed by atoms with E-state index in [2.05, 4.69) is 41.8 Å². The maximum atomic E-state index is 5.36. The number of ether oxygens (including phenoxy) is 1. The van der Waals surface area contributed by atoms with E-state index in [1.807, 2.05) is 6.92 Å². The van der Waals surface area contributed by atoms with Crippen LogP contribution in [0.1, 0.15) is 71.0 Å². The van der Waals surface area contributed by atoms with Crippen LogP contribution in [-0.4, -0.2) is 29.3 Å². The Hall–Kier alpha value is -1.03. The number of hydrogen-bond acceptors (Lipinski definition) is 3. The van der Waals surface area contributed by atoms with E-state index in [9.17, 15) is 0 Å². The van der Waals surface area contributed by atoms with E-state index in [1.165, 1.54) is 32.1 Å². The second-order valence-corrected chi connectivity index (χ2v) is 5.79. The van der Waals surface area contributed by atoms with Gasteiger partial charge in [0.05, 0.1) is 5.69 Å². The Bertz CT molecular complexity index is 376. The highest BCUT2D eigenvalue weighted by Gasteiger charge is 2.11. The van der Waals surface area contributed by atoms with Gasteiger partial charge in [-0.25, -0.2) is 4.98 Å². The van der Waals surface area contributed by atoms with Crippen LogP contribution in [0.2, 0.25) is 0 Å². The van der Waals surface area contributed by atoms with Crippen LogP contribution >= 0.6 is 0 Å². The Kier molecular flexibility index (Phi) is 9.15. The fourth-order valence-corrected chi connectivity index (χ4v) is 2.51. The zero-order chi connectivity index (χ0) is 15.5. The van der Waals surface area contributed by atoms with E-state index in [4.69, 9.17) is 4.74 Å². The number of nitrogens with zero attached hydrogens (tertiary/aromatic N) is 2. The van der Waals surface area contributed by atoms with Crippen LogP contribution in [0.15, 0.2) is 6.20 Å². The summed E-state index contributed by atoms with van der Waals surface area (Å²) in [6.45, 7) is 11.2. The van der Waals surface area contributed by atoms with Crippen molar-refractivity contribution >= 4 is 5.95 Å². The van der Waals surface area contributed by atoms with Crippen molar-refractivity contribution in [1.82, 2.24) is 9.55 Å². The first-order valence-corrected chi connectivity index (χ1v) is 8.56. The van der Waals surface area contributed by atoms with Crippen molar-refractivity contribution in [2.24, 2.45) is 0 Å². The van der Waals surface area contributed by atoms with Gasteiger partial charge in [-0.05, 0) is 33.6 Å². The van der Waals surface area contributed by atoms with Crippen molar-refractivity contribution in [2.75, 3.05) is 25.1 Å². The molecule has 0 saturated heterocycles. The summed E-state index contributed by atoms with van der Waals surface area (Å²) in [5.74, 6) is 1.01. The largest absolute Gasteiger partial charge is 0.382 e. The molecule has 4 nitrogen and oxygen atoms in total. The van der Waals surface area contributed by atoms with Crippen LogP contribution in [0.3, 0.4) is 0 Å². The van der Waals surface area contributed by atoms with Gasteiger partial charge in [0.15, 0.2) is 0 Å². The van der Waals surface area contributed by atoms with Gasteiger partial charge in [-0.2, -0.15) is 0 Å². The van der Waals surface area contributed by atoms with Crippen molar-refractivity contribution in [3.8, 4) is 0 Å². The lowest BCUT2D eigenvalue weighted by molar-refractivity contribution is 0.147. The zero-order valence-electron chi connectivity index (χ0n) is 14.3. The molecule has 0 aromatic carbocycles. The number of aryl methyl sites for hydroxylation is 1. The number of rotatable bonds is 12. The summed E-state index contributed by atoms with van der Waals surface area (Å²) in [6, 6.07) is 0.512. The number of hydrogen-bond donors (Lipinski definition) is 1. The predicted octanol–water partition coefficient (Wildman–Crippen LogP) is 4.56. The lowest BCUT2D eigenvalue weighted by Gasteiger charge is -2.17. The molecule has 4 heteroatoms. The third kappa shape index (κ3) is 6.98. The maximum Gasteiger partial charge on any atom is 0.203 e. The number of aromatic nitrogens is 2. The monoisotopic (exact) mass is 295 g/mol. The van der Waals surface area contributed by atoms with Gasteiger partial charge in [0, 0.05) is 32.0 Å². The SMILES string of the molecule is CCCCCCC(C)n1cc(C)nc1NCCCOCC. The van der Waals surface area contributed by atoms with E-state index >= 15 is 0 Å². The molecule has 1 aromatic rings. The molecular weight excluding hydrogens is 262 g/mol. The van der Waals surface area contributed by atoms with Gasteiger partial charge in [0.25, 0.3) is 0 Å². The van der Waals surface area contributed by atoms with Gasteiger partial charge < -0.3 is 14.6 Å². The van der Waals surface area contributed by atoms with E-state index in [0.717, 1.165) is 37.8 Å². The van der Waals surface area contributed by atoms with Gasteiger partial charge in [0.1, 0.15) is 0 Å². The highest BCUT2D eigenvalue weighted by Crippen LogP contribution is 2.21. The minimum Gasteiger partial charge on any atom is -0.382 e. The normalized spacial score (nSPS) is 12.6. The zero-order valence-corrected chi connectivity index (χ0v) is 14.3. The van der Waals surface area contributed by atoms with Crippen molar-refractivity contribution in [3.05, 3.63) is 11.9 Å². The Labute approximate surface area is 130 Å². The summed E-state index contributed by atoms with van der Waals surface area (Å²) in [4.78, 5) is 4.60. The fourth-order valence-electron chi connectivity index (χ4n) is 2.51. The molecule has 0 saturated carbocycles. The summed E-state index contributed by atoms with van der Waals surface area (Å²) < 4.78 is 7.66. The molecule has 1 heterocycles. The van der Waals surface area contributed by atoms with Gasteiger partial charge in [-0.15, -0.1) is 0 Å². The van der Waals surface area contributed by atoms with E-state index in [1.54, 1.807) is 0 Å². The highest BCUT2D eigenvalue weighted by molar-refractivity contribution is 5.29. The standard InChI is InChI=1S/C17H33N3O/c1-5-7-8-9-11-16(4)20-14-15(3)19-17(20)18-12-10-13-21-6-2/h14,16H,5-13H2,1-4H3,(H,18,19). The Morgan fingerprint density at radius 3 is 2.76 bits per heavy atom. The van der Waals surface area contributed by atoms with E-state index < -0.39 is 0 Å². The molecule has 0 aliphatic heterocycles. The molecule has 1 atom stereocenters. The minimum absolute atomic E-state index is 0.512. The Morgan fingerprint density at radius 2 is 2.05 bits per heavy atom. The van der Waals surface area contributed by atoms with Crippen LogP contribution < -0.4 is 5.32 Å². The molecule has 1 aromatic heterocycles. The summed E-state index contributed by atoms with van der Waals surface area (Å²) >= 11 is 0. The third-order valence-corrected chi connectivity index (χ3v) is 3.76. The van der Waals surface area contributed by atoms with Crippen molar-refractivity contribution in [3.63, 3.8) is 0 Å². The lowest BCUT2D eigenvalue weighted by Crippen LogP contribution is -2.13. The highest BCUT2D eigenvalue weighted by atomic mass is 16.5. The summed E-state index contributed by atoms with van der Waals surface area (Å²) in [6.07, 6.45) is 9.69. The van der Waals surface area contributed by atoms with Crippen LogP contribution in [0, 0.1) is 6.92 Å². The van der Waals surface area contributed by atoms with E-state index in [-0.39, 0.29) is 0 Å². The van der Waals surface area contributed by atoms with Crippen molar-refractivity contribution in [2.45, 2.75) is 72.3 Å². The first-order valence-electron chi connectivity index (χ1n) is 8.56. The summed E-state index contributed by atoms with van der Waals surface area (Å²) in [5, 5.41) is 3.45. The lowest BCUT2D eigenvalue weighted by atomic mass is 10.1. The number of imidazole rings is 1. The number of unbranched alkanes of at least 4 members (excludes halogenated alkanes) is 3. The van der Waals surface area contributed by atoms with Gasteiger partial charge in [-0.3, -0.25) is 0 Å². The van der Waals surface area contributed by atoms with Crippen LogP contribution in [0.25, 0.3) is 0 Å². The summed E-state index contributed by atoms with van der Waals surface area (Å²) in [7, 11) is 0. The van der Waals surface area contributed by atoms with Gasteiger partial charge >= 0.3 is 0 Å². The summed E-state index contributed by atoms with van der Waals surface area (Å²) in [5.41, 5.74) is 1.09. The first kappa shape index (κ1) is 18.0. The molecule has 1 unspecified atom stereocenters. The number of nitrogens with one attached hydrogen (secondary N) is 1. The van der Waals surface area contributed by atoms with Gasteiger partial charge in [-0.1, -0.05) is 32.6 Å². The molecule has 21 heavy (non-hydrogen) atoms. The van der Waals surface area contributed by atoms with E-state index in [0.29, 0.717) is 6.04 Å². The predicted molar refractivity (Wildman–Crippen MR) is 90.0 cm³/mol. The molecule has 0 spiro atoms. The van der Waals surface area contributed by atoms with Crippen molar-refractivity contribution < 1.29 is 4.74 Å². The molecule has 0 radical (unpaired) electrons. The molecule has 1 N–H and O–H groups in total. The Balaban J connectivity index is 2.41. The molecule has 0 aliphatic rings. The van der Waals surface area contributed by atoms with Gasteiger partial charge in [0.2, 0.25) is 5.95 Å². The number of anilines is 1. The molecule has 122 valence electrons. The average molecular weight is 295 g/mol. The third-order valence-electron chi connectivity index (χ3n) is 3.76. The molecular formula is C17H33N3O. The second-order valence-electron chi connectivity index (χ2n) is 5.79. The Morgan fingerprint density at radius 1 is 1.24 bits per heavy atom. The van der Waals surface area contributed by atoms with Crippen LogP contribution in [0.5, 0.6) is 0 Å². The topological polar surface area (TPSA) is 39.1 Å². The second kappa shape index (κ2) is 10.7. The fraction of sp³-hybridized carbons (Fsp3) is 0.824. The smallest absolute Gasteiger partial charge is 0.203 e. The molecule has 0 amide bonds. The molecule has 0 aliphatic carbocycles. The molecule has 0 fully saturated rings. The first-order chi connectivity index (χ1) is 10.2. The van der Waals surface area contributed by atoms with Crippen LogP contribution in [-0.2, 0) is 4.74 Å². The van der Waals surface area contributed by atoms with Crippen molar-refractivity contribution in [1.29, 1.82) is 0 Å². The molecule has 0 bridgehead atoms. The average Bonchev–Trinajstić information content (AvgIpc) is 2.84. The van der Waals surface area contributed by atoms with Crippen LogP contribution in [0.4, 0.5) is 5.95 Å². The molecule has 1 rings (SSSR count). The minimum atomic E-state index is 0.512. The quantitative estimate of drug-likeness (QED) is 0.574.